The highest BCUT2D eigenvalue weighted by Gasteiger charge is 2.20. The van der Waals surface area contributed by atoms with Crippen molar-refractivity contribution in [3.8, 4) is 0 Å². The summed E-state index contributed by atoms with van der Waals surface area (Å²) >= 11 is 6.12. The monoisotopic (exact) mass is 553 g/mol. The first-order chi connectivity index (χ1) is 19.5. The summed E-state index contributed by atoms with van der Waals surface area (Å²) in [4.78, 5) is 18.4. The Kier molecular flexibility index (Phi) is 7.33. The number of hydrogen-bond donors (Lipinski definition) is 2. The van der Waals surface area contributed by atoms with Crippen molar-refractivity contribution in [3.63, 3.8) is 0 Å². The Morgan fingerprint density at radius 1 is 0.875 bits per heavy atom. The number of piperazine rings is 1. The molecule has 1 fully saturated rings. The molecule has 40 heavy (non-hydrogen) atoms. The van der Waals surface area contributed by atoms with E-state index in [4.69, 9.17) is 16.6 Å². The van der Waals surface area contributed by atoms with Gasteiger partial charge in [0.15, 0.2) is 0 Å². The first kappa shape index (κ1) is 25.8. The summed E-state index contributed by atoms with van der Waals surface area (Å²) in [5, 5.41) is 8.26. The molecule has 2 aromatic heterocycles. The van der Waals surface area contributed by atoms with Gasteiger partial charge in [-0.25, -0.2) is 9.37 Å². The predicted octanol–water partition coefficient (Wildman–Crippen LogP) is 6.81. The van der Waals surface area contributed by atoms with Gasteiger partial charge in [0.1, 0.15) is 11.6 Å². The lowest BCUT2D eigenvalue weighted by atomic mass is 10.1. The number of para-hydroxylation sites is 1. The molecule has 0 saturated carbocycles. The standard InChI is InChI=1S/C31H29ClFN7/c1-21-17-30(38-31(36-21)40-15-13-39(14-16-40)25-5-3-2-4-6-25)35-20-22-18-24(8-10-27(22)33)37-28-11-12-34-29-19-23(32)7-9-26(28)29/h2-12,17-19H,13-16,20H2,1H3,(H,34,37)(H,35,36,38). The summed E-state index contributed by atoms with van der Waals surface area (Å²) in [5.74, 6) is 1.07. The van der Waals surface area contributed by atoms with Crippen molar-refractivity contribution in [2.24, 2.45) is 0 Å². The van der Waals surface area contributed by atoms with Gasteiger partial charge in [0, 0.05) is 83.7 Å². The maximum absolute atomic E-state index is 14.8. The molecule has 0 spiro atoms. The van der Waals surface area contributed by atoms with E-state index in [1.54, 1.807) is 12.3 Å². The van der Waals surface area contributed by atoms with Crippen molar-refractivity contribution in [2.45, 2.75) is 13.5 Å². The molecule has 202 valence electrons. The Labute approximate surface area is 237 Å². The highest BCUT2D eigenvalue weighted by atomic mass is 35.5. The number of hydrogen-bond acceptors (Lipinski definition) is 7. The molecule has 0 unspecified atom stereocenters. The maximum Gasteiger partial charge on any atom is 0.227 e. The quantitative estimate of drug-likeness (QED) is 0.229. The Bertz CT molecular complexity index is 1640. The zero-order valence-corrected chi connectivity index (χ0v) is 22.9. The van der Waals surface area contributed by atoms with Crippen LogP contribution < -0.4 is 20.4 Å². The van der Waals surface area contributed by atoms with Crippen LogP contribution in [-0.2, 0) is 6.54 Å². The molecule has 0 atom stereocenters. The van der Waals surface area contributed by atoms with Crippen LogP contribution in [0.2, 0.25) is 5.02 Å². The van der Waals surface area contributed by atoms with E-state index >= 15 is 0 Å². The average molecular weight is 554 g/mol. The number of aromatic nitrogens is 3. The largest absolute Gasteiger partial charge is 0.368 e. The van der Waals surface area contributed by atoms with Crippen molar-refractivity contribution < 1.29 is 4.39 Å². The van der Waals surface area contributed by atoms with Crippen LogP contribution in [0.5, 0.6) is 0 Å². The molecule has 1 saturated heterocycles. The van der Waals surface area contributed by atoms with Crippen molar-refractivity contribution in [3.05, 3.63) is 107 Å². The molecule has 5 aromatic rings. The zero-order valence-electron chi connectivity index (χ0n) is 22.1. The fraction of sp³-hybridized carbons (Fsp3) is 0.194. The Morgan fingerprint density at radius 3 is 2.50 bits per heavy atom. The Hall–Kier alpha value is -4.43. The number of halogens is 2. The fourth-order valence-corrected chi connectivity index (χ4v) is 5.11. The van der Waals surface area contributed by atoms with Crippen molar-refractivity contribution in [2.75, 3.05) is 46.6 Å². The van der Waals surface area contributed by atoms with E-state index in [1.807, 2.05) is 49.4 Å². The van der Waals surface area contributed by atoms with Crippen LogP contribution >= 0.6 is 11.6 Å². The van der Waals surface area contributed by atoms with E-state index < -0.39 is 0 Å². The number of pyridine rings is 1. The average Bonchev–Trinajstić information content (AvgIpc) is 2.97. The third-order valence-corrected chi connectivity index (χ3v) is 7.25. The van der Waals surface area contributed by atoms with Gasteiger partial charge >= 0.3 is 0 Å². The number of benzene rings is 3. The number of fused-ring (bicyclic) bond motifs is 1. The first-order valence-electron chi connectivity index (χ1n) is 13.3. The number of anilines is 5. The zero-order chi connectivity index (χ0) is 27.5. The molecule has 0 radical (unpaired) electrons. The van der Waals surface area contributed by atoms with Crippen LogP contribution in [0.4, 0.5) is 33.2 Å². The topological polar surface area (TPSA) is 69.2 Å². The normalized spacial score (nSPS) is 13.5. The molecule has 1 aliphatic rings. The van der Waals surface area contributed by atoms with E-state index in [0.717, 1.165) is 54.2 Å². The van der Waals surface area contributed by atoms with Crippen LogP contribution in [0.3, 0.4) is 0 Å². The highest BCUT2D eigenvalue weighted by Crippen LogP contribution is 2.28. The van der Waals surface area contributed by atoms with E-state index in [9.17, 15) is 4.39 Å². The van der Waals surface area contributed by atoms with Crippen LogP contribution in [0.15, 0.2) is 85.1 Å². The van der Waals surface area contributed by atoms with Crippen molar-refractivity contribution in [1.29, 1.82) is 0 Å². The van der Waals surface area contributed by atoms with Crippen LogP contribution in [0.1, 0.15) is 11.3 Å². The molecule has 0 bridgehead atoms. The lowest BCUT2D eigenvalue weighted by molar-refractivity contribution is 0.613. The van der Waals surface area contributed by atoms with E-state index in [0.29, 0.717) is 22.4 Å². The molecule has 3 aromatic carbocycles. The second-order valence-corrected chi connectivity index (χ2v) is 10.2. The van der Waals surface area contributed by atoms with Gasteiger partial charge in [0.05, 0.1) is 5.52 Å². The van der Waals surface area contributed by atoms with Gasteiger partial charge in [-0.3, -0.25) is 4.98 Å². The summed E-state index contributed by atoms with van der Waals surface area (Å²) in [7, 11) is 0. The van der Waals surface area contributed by atoms with Crippen LogP contribution in [0, 0.1) is 12.7 Å². The van der Waals surface area contributed by atoms with Gasteiger partial charge < -0.3 is 20.4 Å². The minimum Gasteiger partial charge on any atom is -0.368 e. The van der Waals surface area contributed by atoms with E-state index in [-0.39, 0.29) is 12.4 Å². The summed E-state index contributed by atoms with van der Waals surface area (Å²) in [6.07, 6.45) is 1.73. The second kappa shape index (κ2) is 11.4. The SMILES string of the molecule is Cc1cc(NCc2cc(Nc3ccnc4cc(Cl)ccc34)ccc2F)nc(N2CCN(c3ccccc3)CC2)n1. The minimum absolute atomic E-state index is 0.283. The van der Waals surface area contributed by atoms with Gasteiger partial charge in [0.2, 0.25) is 5.95 Å². The van der Waals surface area contributed by atoms with E-state index in [1.165, 1.54) is 11.8 Å². The van der Waals surface area contributed by atoms with Crippen LogP contribution in [-0.4, -0.2) is 41.1 Å². The molecular formula is C31H29ClFN7. The smallest absolute Gasteiger partial charge is 0.227 e. The fourth-order valence-electron chi connectivity index (χ4n) is 4.95. The van der Waals surface area contributed by atoms with Crippen molar-refractivity contribution in [1.82, 2.24) is 15.0 Å². The Morgan fingerprint density at radius 2 is 1.68 bits per heavy atom. The second-order valence-electron chi connectivity index (χ2n) is 9.81. The molecule has 3 heterocycles. The maximum atomic E-state index is 14.8. The molecule has 0 aliphatic carbocycles. The number of nitrogens with one attached hydrogen (secondary N) is 2. The molecular weight excluding hydrogens is 525 g/mol. The van der Waals surface area contributed by atoms with Crippen molar-refractivity contribution >= 4 is 51.3 Å². The summed E-state index contributed by atoms with van der Waals surface area (Å²) in [5.41, 5.74) is 5.05. The van der Waals surface area contributed by atoms with Gasteiger partial charge in [-0.2, -0.15) is 4.98 Å². The van der Waals surface area contributed by atoms with E-state index in [2.05, 4.69) is 54.7 Å². The molecule has 9 heteroatoms. The number of nitrogens with zero attached hydrogens (tertiary/aromatic N) is 5. The Balaban J connectivity index is 1.14. The van der Waals surface area contributed by atoms with Gasteiger partial charge in [-0.1, -0.05) is 29.8 Å². The summed E-state index contributed by atoms with van der Waals surface area (Å²) < 4.78 is 14.8. The molecule has 6 rings (SSSR count). The minimum atomic E-state index is -0.285. The summed E-state index contributed by atoms with van der Waals surface area (Å²) in [6.45, 7) is 5.69. The predicted molar refractivity (Wildman–Crippen MR) is 161 cm³/mol. The number of rotatable bonds is 7. The van der Waals surface area contributed by atoms with Gasteiger partial charge in [-0.05, 0) is 61.5 Å². The first-order valence-corrected chi connectivity index (χ1v) is 13.6. The number of aryl methyl sites for hydroxylation is 1. The molecule has 2 N–H and O–H groups in total. The lowest BCUT2D eigenvalue weighted by Crippen LogP contribution is -2.47. The summed E-state index contributed by atoms with van der Waals surface area (Å²) in [6, 6.07) is 24.8. The van der Waals surface area contributed by atoms with Crippen LogP contribution in [0.25, 0.3) is 10.9 Å². The molecule has 7 nitrogen and oxygen atoms in total. The highest BCUT2D eigenvalue weighted by molar-refractivity contribution is 6.31. The molecule has 0 amide bonds. The lowest BCUT2D eigenvalue weighted by Gasteiger charge is -2.36. The van der Waals surface area contributed by atoms with Gasteiger partial charge in [-0.15, -0.1) is 0 Å². The van der Waals surface area contributed by atoms with Gasteiger partial charge in [0.25, 0.3) is 0 Å². The molecule has 1 aliphatic heterocycles. The third-order valence-electron chi connectivity index (χ3n) is 7.02. The third kappa shape index (κ3) is 5.77.